The Hall–Kier alpha value is -2.87. The fourth-order valence-electron chi connectivity index (χ4n) is 1.72. The van der Waals surface area contributed by atoms with Gasteiger partial charge in [0, 0.05) is 18.2 Å². The number of benzene rings is 2. The topological polar surface area (TPSA) is 105 Å². The number of rotatable bonds is 7. The number of nitrogens with zero attached hydrogens (tertiary/aromatic N) is 2. The zero-order chi connectivity index (χ0) is 16.8. The van der Waals surface area contributed by atoms with E-state index in [4.69, 9.17) is 21.1 Å². The van der Waals surface area contributed by atoms with Crippen LogP contribution in [0.5, 0.6) is 11.5 Å². The predicted octanol–water partition coefficient (Wildman–Crippen LogP) is 3.61. The molecule has 0 atom stereocenters. The first-order chi connectivity index (χ1) is 11.0. The third-order valence-electron chi connectivity index (χ3n) is 2.76. The Bertz CT molecular complexity index is 737. The van der Waals surface area contributed by atoms with Gasteiger partial charge in [-0.3, -0.25) is 20.2 Å². The Labute approximate surface area is 135 Å². The molecular weight excluding hydrogens is 328 g/mol. The monoisotopic (exact) mass is 338 g/mol. The number of halogens is 1. The van der Waals surface area contributed by atoms with Crippen molar-refractivity contribution in [1.29, 1.82) is 0 Å². The summed E-state index contributed by atoms with van der Waals surface area (Å²) >= 11 is 5.88. The van der Waals surface area contributed by atoms with E-state index in [9.17, 15) is 20.2 Å². The van der Waals surface area contributed by atoms with Gasteiger partial charge in [0.2, 0.25) is 0 Å². The number of nitro groups is 2. The summed E-state index contributed by atoms with van der Waals surface area (Å²) < 4.78 is 10.7. The van der Waals surface area contributed by atoms with Crippen LogP contribution in [0.4, 0.5) is 11.4 Å². The highest BCUT2D eigenvalue weighted by Gasteiger charge is 2.10. The van der Waals surface area contributed by atoms with Crippen LogP contribution < -0.4 is 9.47 Å². The Morgan fingerprint density at radius 3 is 2.22 bits per heavy atom. The number of hydrogen-bond donors (Lipinski definition) is 0. The lowest BCUT2D eigenvalue weighted by Crippen LogP contribution is -2.09. The summed E-state index contributed by atoms with van der Waals surface area (Å²) in [6.45, 7) is 0.259. The number of non-ortho nitro benzene ring substituents is 2. The van der Waals surface area contributed by atoms with Crippen molar-refractivity contribution >= 4 is 23.0 Å². The number of ether oxygens (including phenoxy) is 2. The van der Waals surface area contributed by atoms with Crippen LogP contribution in [-0.2, 0) is 0 Å². The molecule has 0 N–H and O–H groups in total. The van der Waals surface area contributed by atoms with Gasteiger partial charge in [-0.1, -0.05) is 17.7 Å². The van der Waals surface area contributed by atoms with Crippen molar-refractivity contribution in [2.75, 3.05) is 13.2 Å². The molecule has 2 aromatic rings. The van der Waals surface area contributed by atoms with Gasteiger partial charge in [-0.2, -0.15) is 0 Å². The van der Waals surface area contributed by atoms with Crippen molar-refractivity contribution < 1.29 is 19.3 Å². The van der Waals surface area contributed by atoms with Crippen molar-refractivity contribution in [3.8, 4) is 11.5 Å². The molecule has 8 nitrogen and oxygen atoms in total. The van der Waals surface area contributed by atoms with Crippen molar-refractivity contribution in [2.24, 2.45) is 0 Å². The maximum atomic E-state index is 10.6. The van der Waals surface area contributed by atoms with Gasteiger partial charge in [0.1, 0.15) is 24.7 Å². The van der Waals surface area contributed by atoms with Crippen LogP contribution in [0.3, 0.4) is 0 Å². The maximum Gasteiger partial charge on any atom is 0.273 e. The second-order valence-corrected chi connectivity index (χ2v) is 4.73. The zero-order valence-electron chi connectivity index (χ0n) is 11.7. The van der Waals surface area contributed by atoms with Gasteiger partial charge in [-0.25, -0.2) is 0 Å². The van der Waals surface area contributed by atoms with Crippen LogP contribution in [0.2, 0.25) is 5.02 Å². The van der Waals surface area contributed by atoms with Gasteiger partial charge in [-0.05, 0) is 12.1 Å². The molecule has 9 heteroatoms. The first-order valence-electron chi connectivity index (χ1n) is 6.41. The first-order valence-corrected chi connectivity index (χ1v) is 6.79. The molecule has 2 aromatic carbocycles. The molecule has 0 heterocycles. The van der Waals surface area contributed by atoms with E-state index < -0.39 is 9.85 Å². The molecule has 0 spiro atoms. The van der Waals surface area contributed by atoms with Gasteiger partial charge in [0.15, 0.2) is 0 Å². The molecule has 0 unspecified atom stereocenters. The van der Waals surface area contributed by atoms with Gasteiger partial charge in [0.25, 0.3) is 11.4 Å². The van der Waals surface area contributed by atoms with Crippen LogP contribution in [-0.4, -0.2) is 23.1 Å². The minimum absolute atomic E-state index is 0.0677. The number of nitro benzene ring substituents is 2. The second-order valence-electron chi connectivity index (χ2n) is 4.32. The highest BCUT2D eigenvalue weighted by molar-refractivity contribution is 6.32. The van der Waals surface area contributed by atoms with Gasteiger partial charge in [-0.15, -0.1) is 0 Å². The summed E-state index contributed by atoms with van der Waals surface area (Å²) in [4.78, 5) is 20.2. The summed E-state index contributed by atoms with van der Waals surface area (Å²) in [7, 11) is 0. The van der Waals surface area contributed by atoms with Crippen molar-refractivity contribution in [3.05, 3.63) is 67.7 Å². The standard InChI is InChI=1S/C14H11ClN2O6/c15-13-9-11(17(20)21)4-5-14(13)23-7-6-22-12-3-1-2-10(8-12)16(18)19/h1-5,8-9H,6-7H2. The quantitative estimate of drug-likeness (QED) is 0.434. The fourth-order valence-corrected chi connectivity index (χ4v) is 1.95. The normalized spacial score (nSPS) is 10.1. The lowest BCUT2D eigenvalue weighted by Gasteiger charge is -2.09. The van der Waals surface area contributed by atoms with Crippen molar-refractivity contribution in [3.63, 3.8) is 0 Å². The minimum Gasteiger partial charge on any atom is -0.490 e. The summed E-state index contributed by atoms with van der Waals surface area (Å²) in [6.07, 6.45) is 0. The van der Waals surface area contributed by atoms with E-state index in [2.05, 4.69) is 0 Å². The van der Waals surface area contributed by atoms with Crippen LogP contribution in [0.15, 0.2) is 42.5 Å². The Balaban J connectivity index is 1.87. The largest absolute Gasteiger partial charge is 0.490 e. The molecule has 0 saturated carbocycles. The van der Waals surface area contributed by atoms with Crippen molar-refractivity contribution in [1.82, 2.24) is 0 Å². The highest BCUT2D eigenvalue weighted by Crippen LogP contribution is 2.28. The maximum absolute atomic E-state index is 10.6. The molecule has 0 fully saturated rings. The summed E-state index contributed by atoms with van der Waals surface area (Å²) in [5, 5.41) is 21.4. The lowest BCUT2D eigenvalue weighted by atomic mass is 10.3. The molecular formula is C14H11ClN2O6. The molecule has 0 bridgehead atoms. The third-order valence-corrected chi connectivity index (χ3v) is 3.06. The molecule has 0 saturated heterocycles. The van der Waals surface area contributed by atoms with Crippen molar-refractivity contribution in [2.45, 2.75) is 0 Å². The average Bonchev–Trinajstić information content (AvgIpc) is 2.52. The van der Waals surface area contributed by atoms with Gasteiger partial charge in [0.05, 0.1) is 20.9 Å². The van der Waals surface area contributed by atoms with Crippen LogP contribution in [0.25, 0.3) is 0 Å². The van der Waals surface area contributed by atoms with E-state index in [-0.39, 0.29) is 29.6 Å². The van der Waals surface area contributed by atoms with E-state index >= 15 is 0 Å². The van der Waals surface area contributed by atoms with Gasteiger partial charge < -0.3 is 9.47 Å². The molecule has 0 aliphatic carbocycles. The predicted molar refractivity (Wildman–Crippen MR) is 82.2 cm³/mol. The molecule has 23 heavy (non-hydrogen) atoms. The van der Waals surface area contributed by atoms with E-state index in [1.165, 1.54) is 36.4 Å². The van der Waals surface area contributed by atoms with Crippen LogP contribution in [0.1, 0.15) is 0 Å². The highest BCUT2D eigenvalue weighted by atomic mass is 35.5. The van der Waals surface area contributed by atoms with E-state index in [0.717, 1.165) is 0 Å². The second kappa shape index (κ2) is 7.41. The number of hydrogen-bond acceptors (Lipinski definition) is 6. The third kappa shape index (κ3) is 4.55. The first kappa shape index (κ1) is 16.5. The van der Waals surface area contributed by atoms with Gasteiger partial charge >= 0.3 is 0 Å². The SMILES string of the molecule is O=[N+]([O-])c1cccc(OCCOc2ccc([N+](=O)[O-])cc2Cl)c1. The molecule has 0 amide bonds. The molecule has 0 aliphatic rings. The Morgan fingerprint density at radius 2 is 1.57 bits per heavy atom. The molecule has 0 aromatic heterocycles. The minimum atomic E-state index is -0.554. The van der Waals surface area contributed by atoms with E-state index in [1.807, 2.05) is 0 Å². The Kier molecular flexibility index (Phi) is 5.32. The van der Waals surface area contributed by atoms with Crippen LogP contribution in [0, 0.1) is 20.2 Å². The van der Waals surface area contributed by atoms with Crippen LogP contribution >= 0.6 is 11.6 Å². The fraction of sp³-hybridized carbons (Fsp3) is 0.143. The summed E-state index contributed by atoms with van der Waals surface area (Å²) in [5.41, 5.74) is -0.197. The Morgan fingerprint density at radius 1 is 0.913 bits per heavy atom. The molecule has 0 radical (unpaired) electrons. The van der Waals surface area contributed by atoms with E-state index in [0.29, 0.717) is 11.5 Å². The molecule has 2 rings (SSSR count). The average molecular weight is 339 g/mol. The lowest BCUT2D eigenvalue weighted by molar-refractivity contribution is -0.385. The summed E-state index contributed by atoms with van der Waals surface area (Å²) in [6, 6.07) is 9.64. The molecule has 120 valence electrons. The summed E-state index contributed by atoms with van der Waals surface area (Å²) in [5.74, 6) is 0.637. The zero-order valence-corrected chi connectivity index (χ0v) is 12.4. The van der Waals surface area contributed by atoms with E-state index in [1.54, 1.807) is 6.07 Å². The smallest absolute Gasteiger partial charge is 0.273 e. The molecule has 0 aliphatic heterocycles.